The van der Waals surface area contributed by atoms with Gasteiger partial charge in [0, 0.05) is 17.8 Å². The number of guanidine groups is 1. The quantitative estimate of drug-likeness (QED) is 0.294. The van der Waals surface area contributed by atoms with E-state index in [0.29, 0.717) is 30.8 Å². The highest BCUT2D eigenvalue weighted by Crippen LogP contribution is 2.28. The molecule has 166 valence electrons. The molecule has 1 aliphatic carbocycles. The molecule has 0 aromatic heterocycles. The molecule has 3 rings (SSSR count). The minimum absolute atomic E-state index is 0.0754. The fourth-order valence-electron chi connectivity index (χ4n) is 3.51. The summed E-state index contributed by atoms with van der Waals surface area (Å²) in [5.41, 5.74) is 2.82. The number of nitrogens with one attached hydrogen (secondary N) is 3. The molecule has 2 aromatic rings. The second-order valence-electron chi connectivity index (χ2n) is 7.78. The predicted molar refractivity (Wildman–Crippen MR) is 124 cm³/mol. The number of rotatable bonds is 8. The molecule has 0 unspecified atom stereocenters. The number of aliphatic imine (C=N–C) groups is 1. The first-order chi connectivity index (χ1) is 15.0. The number of aryl methyl sites for hydroxylation is 1. The number of carbonyl (C=O) groups excluding carboxylic acids is 1. The minimum atomic E-state index is -0.197. The van der Waals surface area contributed by atoms with Gasteiger partial charge in [0.25, 0.3) is 0 Å². The molecule has 4 N–H and O–H groups in total. The lowest BCUT2D eigenvalue weighted by Gasteiger charge is -2.17. The molecular formula is C24H32N4O3. The van der Waals surface area contributed by atoms with Gasteiger partial charge in [-0.1, -0.05) is 12.1 Å². The third-order valence-corrected chi connectivity index (χ3v) is 5.14. The van der Waals surface area contributed by atoms with Gasteiger partial charge in [-0.2, -0.15) is 0 Å². The minimum Gasteiger partial charge on any atom is -0.508 e. The third kappa shape index (κ3) is 7.20. The largest absolute Gasteiger partial charge is 0.508 e. The number of hydrogen-bond acceptors (Lipinski definition) is 4. The van der Waals surface area contributed by atoms with Crippen molar-refractivity contribution < 1.29 is 14.6 Å². The van der Waals surface area contributed by atoms with Gasteiger partial charge in [-0.25, -0.2) is 4.99 Å². The van der Waals surface area contributed by atoms with Crippen molar-refractivity contribution in [1.29, 1.82) is 0 Å². The lowest BCUT2D eigenvalue weighted by Crippen LogP contribution is -2.41. The number of hydrogen-bond donors (Lipinski definition) is 4. The summed E-state index contributed by atoms with van der Waals surface area (Å²) in [6, 6.07) is 12.6. The highest BCUT2D eigenvalue weighted by Gasteiger charge is 2.18. The van der Waals surface area contributed by atoms with E-state index in [1.54, 1.807) is 12.1 Å². The molecule has 0 spiro atoms. The molecule has 0 atom stereocenters. The van der Waals surface area contributed by atoms with Gasteiger partial charge >= 0.3 is 0 Å². The lowest BCUT2D eigenvalue weighted by atomic mass is 10.1. The highest BCUT2D eigenvalue weighted by molar-refractivity contribution is 5.95. The Morgan fingerprint density at radius 2 is 1.87 bits per heavy atom. The third-order valence-electron chi connectivity index (χ3n) is 5.14. The van der Waals surface area contributed by atoms with Crippen LogP contribution in [0.4, 0.5) is 5.69 Å². The number of amides is 1. The van der Waals surface area contributed by atoms with E-state index in [2.05, 4.69) is 46.1 Å². The van der Waals surface area contributed by atoms with E-state index in [-0.39, 0.29) is 18.2 Å². The topological polar surface area (TPSA) is 95.0 Å². The summed E-state index contributed by atoms with van der Waals surface area (Å²) in [6.45, 7) is 5.26. The smallest absolute Gasteiger partial charge is 0.243 e. The second kappa shape index (κ2) is 11.2. The second-order valence-corrected chi connectivity index (χ2v) is 7.78. The van der Waals surface area contributed by atoms with Gasteiger partial charge in [-0.15, -0.1) is 0 Å². The van der Waals surface area contributed by atoms with Crippen LogP contribution in [0.15, 0.2) is 47.5 Å². The fraction of sp³-hybridized carbons (Fsp3) is 0.417. The van der Waals surface area contributed by atoms with Crippen molar-refractivity contribution in [3.63, 3.8) is 0 Å². The summed E-state index contributed by atoms with van der Waals surface area (Å²) in [4.78, 5) is 16.9. The number of nitrogens with zero attached hydrogens (tertiary/aromatic N) is 1. The Bertz CT molecular complexity index is 890. The maximum Gasteiger partial charge on any atom is 0.243 e. The van der Waals surface area contributed by atoms with E-state index in [4.69, 9.17) is 4.74 Å². The number of phenolic OH excluding ortho intramolecular Hbond substituents is 1. The first-order valence-electron chi connectivity index (χ1n) is 10.9. The van der Waals surface area contributed by atoms with Crippen LogP contribution in [0.5, 0.6) is 11.5 Å². The van der Waals surface area contributed by atoms with E-state index in [1.165, 1.54) is 25.0 Å². The lowest BCUT2D eigenvalue weighted by molar-refractivity contribution is -0.115. The molecule has 0 bridgehead atoms. The van der Waals surface area contributed by atoms with Gasteiger partial charge in [0.05, 0.1) is 19.2 Å². The summed E-state index contributed by atoms with van der Waals surface area (Å²) >= 11 is 0. The van der Waals surface area contributed by atoms with Crippen LogP contribution in [-0.2, 0) is 11.3 Å². The molecule has 31 heavy (non-hydrogen) atoms. The fourth-order valence-corrected chi connectivity index (χ4v) is 3.51. The van der Waals surface area contributed by atoms with E-state index in [1.807, 2.05) is 6.92 Å². The average molecular weight is 425 g/mol. The summed E-state index contributed by atoms with van der Waals surface area (Å²) in [5.74, 6) is 1.43. The number of ether oxygens (including phenoxy) is 1. The SMILES string of the molecule is CCNC(=NCc1ccc(C)cc1OC1CCCC1)NCC(=O)Nc1ccc(O)cc1. The van der Waals surface area contributed by atoms with Crippen molar-refractivity contribution in [1.82, 2.24) is 10.6 Å². The Morgan fingerprint density at radius 3 is 2.58 bits per heavy atom. The van der Waals surface area contributed by atoms with E-state index < -0.39 is 0 Å². The summed E-state index contributed by atoms with van der Waals surface area (Å²) in [7, 11) is 0. The van der Waals surface area contributed by atoms with Gasteiger partial charge in [-0.3, -0.25) is 4.79 Å². The summed E-state index contributed by atoms with van der Waals surface area (Å²) < 4.78 is 6.26. The number of phenols is 1. The zero-order valence-corrected chi connectivity index (χ0v) is 18.3. The van der Waals surface area contributed by atoms with Crippen LogP contribution < -0.4 is 20.7 Å². The molecule has 0 aliphatic heterocycles. The standard InChI is InChI=1S/C24H32N4O3/c1-3-25-24(27-16-23(30)28-19-10-12-20(29)13-11-19)26-15-18-9-8-17(2)14-22(18)31-21-6-4-5-7-21/h8-14,21,29H,3-7,15-16H2,1-2H3,(H,28,30)(H2,25,26,27). The zero-order chi connectivity index (χ0) is 22.1. The molecule has 1 fully saturated rings. The average Bonchev–Trinajstić information content (AvgIpc) is 3.26. The number of carbonyl (C=O) groups is 1. The molecule has 1 amide bonds. The van der Waals surface area contributed by atoms with Gasteiger partial charge < -0.3 is 25.8 Å². The molecule has 0 saturated heterocycles. The van der Waals surface area contributed by atoms with E-state index in [0.717, 1.165) is 29.7 Å². The van der Waals surface area contributed by atoms with Crippen LogP contribution in [0, 0.1) is 6.92 Å². The van der Waals surface area contributed by atoms with E-state index >= 15 is 0 Å². The molecule has 7 nitrogen and oxygen atoms in total. The van der Waals surface area contributed by atoms with Gasteiger partial charge in [-0.05, 0) is 75.4 Å². The monoisotopic (exact) mass is 424 g/mol. The van der Waals surface area contributed by atoms with E-state index in [9.17, 15) is 9.90 Å². The summed E-state index contributed by atoms with van der Waals surface area (Å²) in [5, 5.41) is 18.3. The Labute approximate surface area is 183 Å². The predicted octanol–water partition coefficient (Wildman–Crippen LogP) is 3.72. The van der Waals surface area contributed by atoms with Gasteiger partial charge in [0.1, 0.15) is 11.5 Å². The molecule has 2 aromatic carbocycles. The molecule has 0 radical (unpaired) electrons. The van der Waals surface area contributed by atoms with Crippen LogP contribution in [0.3, 0.4) is 0 Å². The first-order valence-corrected chi connectivity index (χ1v) is 10.9. The summed E-state index contributed by atoms with van der Waals surface area (Å²) in [6.07, 6.45) is 4.96. The van der Waals surface area contributed by atoms with Crippen LogP contribution >= 0.6 is 0 Å². The number of benzene rings is 2. The Hall–Kier alpha value is -3.22. The van der Waals surface area contributed by atoms with Crippen LogP contribution in [0.2, 0.25) is 0 Å². The van der Waals surface area contributed by atoms with Crippen molar-refractivity contribution >= 4 is 17.6 Å². The normalized spacial score (nSPS) is 14.3. The Balaban J connectivity index is 1.59. The van der Waals surface area contributed by atoms with Crippen molar-refractivity contribution in [3.05, 3.63) is 53.6 Å². The highest BCUT2D eigenvalue weighted by atomic mass is 16.5. The van der Waals surface area contributed by atoms with Gasteiger partial charge in [0.2, 0.25) is 5.91 Å². The molecular weight excluding hydrogens is 392 g/mol. The molecule has 0 heterocycles. The Morgan fingerprint density at radius 1 is 1.13 bits per heavy atom. The molecule has 7 heteroatoms. The zero-order valence-electron chi connectivity index (χ0n) is 18.3. The van der Waals surface area contributed by atoms with Gasteiger partial charge in [0.15, 0.2) is 5.96 Å². The van der Waals surface area contributed by atoms with Crippen LogP contribution in [0.25, 0.3) is 0 Å². The first kappa shape index (κ1) is 22.5. The maximum atomic E-state index is 12.2. The van der Waals surface area contributed by atoms with Crippen molar-refractivity contribution in [2.24, 2.45) is 4.99 Å². The van der Waals surface area contributed by atoms with Crippen molar-refractivity contribution in [3.8, 4) is 11.5 Å². The van der Waals surface area contributed by atoms with Crippen LogP contribution in [0.1, 0.15) is 43.7 Å². The molecule has 1 aliphatic rings. The number of anilines is 1. The van der Waals surface area contributed by atoms with Crippen molar-refractivity contribution in [2.75, 3.05) is 18.4 Å². The Kier molecular flexibility index (Phi) is 8.15. The van der Waals surface area contributed by atoms with Crippen LogP contribution in [-0.4, -0.2) is 36.2 Å². The maximum absolute atomic E-state index is 12.2. The van der Waals surface area contributed by atoms with Crippen molar-refractivity contribution in [2.45, 2.75) is 52.2 Å². The molecule has 1 saturated carbocycles. The number of aromatic hydroxyl groups is 1.